The zero-order valence-electron chi connectivity index (χ0n) is 13.9. The number of benzene rings is 1. The predicted octanol–water partition coefficient (Wildman–Crippen LogP) is 2.44. The topological polar surface area (TPSA) is 80.9 Å². The maximum atomic E-state index is 13.0. The van der Waals surface area contributed by atoms with Crippen LogP contribution in [0, 0.1) is 6.92 Å². The second kappa shape index (κ2) is 5.79. The highest BCUT2D eigenvalue weighted by Crippen LogP contribution is 2.35. The van der Waals surface area contributed by atoms with E-state index in [2.05, 4.69) is 4.99 Å². The zero-order valence-corrected chi connectivity index (χ0v) is 14.7. The van der Waals surface area contributed by atoms with Crippen LogP contribution in [0.25, 0.3) is 0 Å². The molecule has 2 aromatic rings. The SMILES string of the molecule is Cc1ccc(S(=O)(=O)n2cccc2C2=N[C@]3(O)CCC[C@H](C2)O3)cc1. The van der Waals surface area contributed by atoms with Crippen LogP contribution in [0.3, 0.4) is 0 Å². The van der Waals surface area contributed by atoms with Gasteiger partial charge in [0.05, 0.1) is 22.4 Å². The van der Waals surface area contributed by atoms with Gasteiger partial charge in [-0.25, -0.2) is 17.4 Å². The van der Waals surface area contributed by atoms with Crippen molar-refractivity contribution in [3.8, 4) is 0 Å². The third kappa shape index (κ3) is 2.92. The van der Waals surface area contributed by atoms with Crippen LogP contribution in [0.2, 0.25) is 0 Å². The van der Waals surface area contributed by atoms with Crippen LogP contribution in [0.5, 0.6) is 0 Å². The molecule has 7 heteroatoms. The molecule has 2 atom stereocenters. The van der Waals surface area contributed by atoms with Gasteiger partial charge < -0.3 is 9.84 Å². The summed E-state index contributed by atoms with van der Waals surface area (Å²) in [6.45, 7) is 1.91. The van der Waals surface area contributed by atoms with Crippen molar-refractivity contribution in [3.05, 3.63) is 53.9 Å². The summed E-state index contributed by atoms with van der Waals surface area (Å²) in [5, 5.41) is 10.4. The zero-order chi connectivity index (χ0) is 17.7. The van der Waals surface area contributed by atoms with Gasteiger partial charge in [-0.3, -0.25) is 0 Å². The third-order valence-corrected chi connectivity index (χ3v) is 6.41. The number of nitrogens with zero attached hydrogens (tertiary/aromatic N) is 2. The highest BCUT2D eigenvalue weighted by Gasteiger charge is 2.40. The monoisotopic (exact) mass is 360 g/mol. The van der Waals surface area contributed by atoms with Crippen LogP contribution in [0.15, 0.2) is 52.5 Å². The van der Waals surface area contributed by atoms with Crippen LogP contribution in [0.1, 0.15) is 36.9 Å². The van der Waals surface area contributed by atoms with E-state index in [0.717, 1.165) is 18.4 Å². The minimum absolute atomic E-state index is 0.128. The molecule has 0 spiro atoms. The number of hydrogen-bond donors (Lipinski definition) is 1. The van der Waals surface area contributed by atoms with Crippen molar-refractivity contribution >= 4 is 15.7 Å². The lowest BCUT2D eigenvalue weighted by molar-refractivity contribution is -0.251. The maximum absolute atomic E-state index is 13.0. The van der Waals surface area contributed by atoms with E-state index in [4.69, 9.17) is 4.74 Å². The second-order valence-electron chi connectivity index (χ2n) is 6.65. The largest absolute Gasteiger partial charge is 0.347 e. The number of aliphatic imine (C=N–C) groups is 1. The Hall–Kier alpha value is -1.96. The van der Waals surface area contributed by atoms with Gasteiger partial charge in [0.25, 0.3) is 15.9 Å². The summed E-state index contributed by atoms with van der Waals surface area (Å²) >= 11 is 0. The first-order valence-electron chi connectivity index (χ1n) is 8.36. The highest BCUT2D eigenvalue weighted by atomic mass is 32.2. The summed E-state index contributed by atoms with van der Waals surface area (Å²) in [4.78, 5) is 4.55. The Morgan fingerprint density at radius 2 is 2.04 bits per heavy atom. The Morgan fingerprint density at radius 3 is 2.76 bits per heavy atom. The van der Waals surface area contributed by atoms with Crippen molar-refractivity contribution in [2.45, 2.75) is 49.5 Å². The van der Waals surface area contributed by atoms with Crippen LogP contribution in [-0.2, 0) is 14.8 Å². The number of ether oxygens (including phenoxy) is 1. The number of aromatic nitrogens is 1. The number of hydrogen-bond acceptors (Lipinski definition) is 5. The number of aliphatic hydroxyl groups is 1. The summed E-state index contributed by atoms with van der Waals surface area (Å²) < 4.78 is 32.8. The smallest absolute Gasteiger partial charge is 0.268 e. The summed E-state index contributed by atoms with van der Waals surface area (Å²) in [6.07, 6.45) is 4.00. The van der Waals surface area contributed by atoms with Gasteiger partial charge in [0.1, 0.15) is 0 Å². The van der Waals surface area contributed by atoms with E-state index >= 15 is 0 Å². The molecule has 0 saturated carbocycles. The molecule has 1 aromatic carbocycles. The molecule has 4 rings (SSSR count). The minimum Gasteiger partial charge on any atom is -0.347 e. The third-order valence-electron chi connectivity index (χ3n) is 4.70. The van der Waals surface area contributed by atoms with Gasteiger partial charge in [-0.2, -0.15) is 0 Å². The predicted molar refractivity (Wildman–Crippen MR) is 93.0 cm³/mol. The number of aryl methyl sites for hydroxylation is 1. The molecule has 1 saturated heterocycles. The average Bonchev–Trinajstić information content (AvgIpc) is 3.04. The number of rotatable bonds is 3. The van der Waals surface area contributed by atoms with Crippen LogP contribution in [0.4, 0.5) is 0 Å². The van der Waals surface area contributed by atoms with Gasteiger partial charge in [0.2, 0.25) is 0 Å². The van der Waals surface area contributed by atoms with E-state index in [1.165, 1.54) is 10.2 Å². The average molecular weight is 360 g/mol. The molecule has 2 bridgehead atoms. The second-order valence-corrected chi connectivity index (χ2v) is 8.46. The molecule has 0 radical (unpaired) electrons. The Balaban J connectivity index is 1.78. The first-order valence-corrected chi connectivity index (χ1v) is 9.80. The van der Waals surface area contributed by atoms with Gasteiger partial charge in [-0.1, -0.05) is 17.7 Å². The van der Waals surface area contributed by atoms with E-state index in [9.17, 15) is 13.5 Å². The molecule has 0 amide bonds. The molecule has 25 heavy (non-hydrogen) atoms. The van der Waals surface area contributed by atoms with Crippen LogP contribution in [-0.4, -0.2) is 35.2 Å². The molecule has 0 unspecified atom stereocenters. The normalized spacial score (nSPS) is 26.3. The fraction of sp³-hybridized carbons (Fsp3) is 0.389. The van der Waals surface area contributed by atoms with Gasteiger partial charge in [0, 0.05) is 19.0 Å². The number of fused-ring (bicyclic) bond motifs is 2. The first-order chi connectivity index (χ1) is 11.9. The summed E-state index contributed by atoms with van der Waals surface area (Å²) in [5.41, 5.74) is 2.05. The molecule has 132 valence electrons. The lowest BCUT2D eigenvalue weighted by Gasteiger charge is -2.38. The lowest BCUT2D eigenvalue weighted by Crippen LogP contribution is -2.45. The summed E-state index contributed by atoms with van der Waals surface area (Å²) in [6, 6.07) is 10.1. The van der Waals surface area contributed by atoms with E-state index in [1.54, 1.807) is 36.4 Å². The van der Waals surface area contributed by atoms with Gasteiger partial charge in [-0.15, -0.1) is 0 Å². The molecule has 3 heterocycles. The van der Waals surface area contributed by atoms with Crippen molar-refractivity contribution in [2.24, 2.45) is 4.99 Å². The standard InChI is InChI=1S/C18H20N2O4S/c1-13-6-8-15(9-7-13)25(22,23)20-11-3-5-17(20)16-12-14-4-2-10-18(21,19-16)24-14/h3,5-9,11,14,21H,2,4,10,12H2,1H3/t14-,18+/m1/s1. The molecular weight excluding hydrogens is 340 g/mol. The fourth-order valence-corrected chi connectivity index (χ4v) is 4.79. The Morgan fingerprint density at radius 1 is 1.28 bits per heavy atom. The van der Waals surface area contributed by atoms with E-state index in [1.807, 2.05) is 6.92 Å². The van der Waals surface area contributed by atoms with Crippen LogP contribution < -0.4 is 0 Å². The maximum Gasteiger partial charge on any atom is 0.268 e. The lowest BCUT2D eigenvalue weighted by atomic mass is 9.97. The van der Waals surface area contributed by atoms with E-state index in [0.29, 0.717) is 24.2 Å². The van der Waals surface area contributed by atoms with Crippen molar-refractivity contribution < 1.29 is 18.3 Å². The molecule has 6 nitrogen and oxygen atoms in total. The molecule has 2 aliphatic rings. The Bertz CT molecular complexity index is 930. The van der Waals surface area contributed by atoms with Crippen molar-refractivity contribution in [2.75, 3.05) is 0 Å². The summed E-state index contributed by atoms with van der Waals surface area (Å²) in [5.74, 6) is -1.53. The van der Waals surface area contributed by atoms with Gasteiger partial charge in [-0.05, 0) is 44.0 Å². The molecule has 1 N–H and O–H groups in total. The highest BCUT2D eigenvalue weighted by molar-refractivity contribution is 7.90. The van der Waals surface area contributed by atoms with E-state index in [-0.39, 0.29) is 11.0 Å². The van der Waals surface area contributed by atoms with Crippen molar-refractivity contribution in [3.63, 3.8) is 0 Å². The van der Waals surface area contributed by atoms with Crippen LogP contribution >= 0.6 is 0 Å². The summed E-state index contributed by atoms with van der Waals surface area (Å²) in [7, 11) is -3.72. The molecule has 1 aromatic heterocycles. The first kappa shape index (κ1) is 16.5. The molecular formula is C18H20N2O4S. The van der Waals surface area contributed by atoms with Crippen molar-refractivity contribution in [1.29, 1.82) is 0 Å². The van der Waals surface area contributed by atoms with E-state index < -0.39 is 15.9 Å². The van der Waals surface area contributed by atoms with Crippen molar-refractivity contribution in [1.82, 2.24) is 3.97 Å². The molecule has 1 fully saturated rings. The minimum atomic E-state index is -3.72. The Labute approximate surface area is 146 Å². The molecule has 0 aliphatic carbocycles. The van der Waals surface area contributed by atoms with Gasteiger partial charge >= 0.3 is 0 Å². The van der Waals surface area contributed by atoms with Gasteiger partial charge in [0.15, 0.2) is 0 Å². The fourth-order valence-electron chi connectivity index (χ4n) is 3.43. The Kier molecular flexibility index (Phi) is 3.82. The molecule has 2 aliphatic heterocycles. The quantitative estimate of drug-likeness (QED) is 0.912.